The van der Waals surface area contributed by atoms with E-state index >= 15 is 0 Å². The van der Waals surface area contributed by atoms with Gasteiger partial charge in [0.25, 0.3) is 0 Å². The number of thioether (sulfide) groups is 1. The van der Waals surface area contributed by atoms with Gasteiger partial charge in [-0.1, -0.05) is 41.6 Å². The maximum absolute atomic E-state index is 12.3. The normalized spacial score (nSPS) is 11.0. The lowest BCUT2D eigenvalue weighted by Gasteiger charge is -2.09. The molecule has 0 atom stereocenters. The lowest BCUT2D eigenvalue weighted by molar-refractivity contribution is -0.113. The van der Waals surface area contributed by atoms with Crippen molar-refractivity contribution in [2.45, 2.75) is 32.5 Å². The molecule has 1 N–H and O–H groups in total. The molecule has 0 spiro atoms. The molecule has 0 aliphatic carbocycles. The Kier molecular flexibility index (Phi) is 4.90. The first-order valence-corrected chi connectivity index (χ1v) is 9.02. The number of aromatic nitrogens is 2. The molecule has 5 heteroatoms. The zero-order valence-electron chi connectivity index (χ0n) is 14.2. The topological polar surface area (TPSA) is 46.9 Å². The smallest absolute Gasteiger partial charge is 0.234 e. The van der Waals surface area contributed by atoms with Gasteiger partial charge < -0.3 is 9.88 Å². The molecular formula is C19H21N3OS. The van der Waals surface area contributed by atoms with Crippen LogP contribution in [0.4, 0.5) is 5.69 Å². The second-order valence-corrected chi connectivity index (χ2v) is 6.73. The Balaban J connectivity index is 1.70. The maximum atomic E-state index is 12.3. The van der Waals surface area contributed by atoms with Gasteiger partial charge in [-0.15, -0.1) is 0 Å². The molecule has 24 heavy (non-hydrogen) atoms. The third kappa shape index (κ3) is 3.46. The monoisotopic (exact) mass is 339 g/mol. The summed E-state index contributed by atoms with van der Waals surface area (Å²) in [5.41, 5.74) is 5.22. The van der Waals surface area contributed by atoms with E-state index in [4.69, 9.17) is 0 Å². The molecular weight excluding hydrogens is 318 g/mol. The number of hydrogen-bond donors (Lipinski definition) is 1. The minimum Gasteiger partial charge on any atom is -0.325 e. The van der Waals surface area contributed by atoms with E-state index in [0.717, 1.165) is 34.0 Å². The van der Waals surface area contributed by atoms with Crippen LogP contribution in [-0.4, -0.2) is 21.2 Å². The van der Waals surface area contributed by atoms with Gasteiger partial charge in [-0.2, -0.15) is 0 Å². The van der Waals surface area contributed by atoms with Gasteiger partial charge in [0.1, 0.15) is 0 Å². The van der Waals surface area contributed by atoms with Gasteiger partial charge in [-0.05, 0) is 44.5 Å². The van der Waals surface area contributed by atoms with Crippen LogP contribution in [0.5, 0.6) is 0 Å². The summed E-state index contributed by atoms with van der Waals surface area (Å²) in [5.74, 6) is 0.332. The molecule has 0 fully saturated rings. The molecule has 1 heterocycles. The lowest BCUT2D eigenvalue weighted by Crippen LogP contribution is -2.15. The highest BCUT2D eigenvalue weighted by molar-refractivity contribution is 7.99. The summed E-state index contributed by atoms with van der Waals surface area (Å²) in [6.45, 7) is 6.98. The Labute approximate surface area is 146 Å². The summed E-state index contributed by atoms with van der Waals surface area (Å²) in [6.07, 6.45) is 0. The van der Waals surface area contributed by atoms with Crippen molar-refractivity contribution < 1.29 is 4.79 Å². The van der Waals surface area contributed by atoms with Gasteiger partial charge in [0, 0.05) is 12.2 Å². The predicted octanol–water partition coefficient (Wildman–Crippen LogP) is 4.40. The van der Waals surface area contributed by atoms with Crippen molar-refractivity contribution in [2.75, 3.05) is 11.1 Å². The van der Waals surface area contributed by atoms with E-state index in [0.29, 0.717) is 5.75 Å². The van der Waals surface area contributed by atoms with E-state index in [2.05, 4.69) is 33.9 Å². The number of carbonyl (C=O) groups excluding carboxylic acids is 1. The Morgan fingerprint density at radius 2 is 2.00 bits per heavy atom. The minimum absolute atomic E-state index is 0.0123. The van der Waals surface area contributed by atoms with Crippen molar-refractivity contribution in [1.29, 1.82) is 0 Å². The summed E-state index contributed by atoms with van der Waals surface area (Å²) in [7, 11) is 0. The highest BCUT2D eigenvalue weighted by Gasteiger charge is 2.12. The maximum Gasteiger partial charge on any atom is 0.234 e. The molecule has 3 aromatic rings. The predicted molar refractivity (Wildman–Crippen MR) is 101 cm³/mol. The van der Waals surface area contributed by atoms with Crippen LogP contribution in [-0.2, 0) is 11.3 Å². The van der Waals surface area contributed by atoms with Gasteiger partial charge in [0.05, 0.1) is 16.8 Å². The molecule has 3 rings (SSSR count). The van der Waals surface area contributed by atoms with Crippen molar-refractivity contribution >= 4 is 34.4 Å². The van der Waals surface area contributed by atoms with Crippen LogP contribution in [0, 0.1) is 13.8 Å². The van der Waals surface area contributed by atoms with E-state index in [1.165, 1.54) is 17.3 Å². The molecule has 0 aliphatic rings. The Morgan fingerprint density at radius 1 is 1.21 bits per heavy atom. The Morgan fingerprint density at radius 3 is 2.75 bits per heavy atom. The van der Waals surface area contributed by atoms with E-state index in [1.54, 1.807) is 0 Å². The number of imidazole rings is 1. The zero-order valence-corrected chi connectivity index (χ0v) is 15.0. The van der Waals surface area contributed by atoms with Crippen LogP contribution >= 0.6 is 11.8 Å². The summed E-state index contributed by atoms with van der Waals surface area (Å²) in [6, 6.07) is 14.1. The molecule has 4 nitrogen and oxygen atoms in total. The quantitative estimate of drug-likeness (QED) is 0.701. The third-order valence-electron chi connectivity index (χ3n) is 3.92. The number of para-hydroxylation sites is 2. The molecule has 0 radical (unpaired) electrons. The van der Waals surface area contributed by atoms with E-state index in [1.807, 2.05) is 44.2 Å². The molecule has 124 valence electrons. The summed E-state index contributed by atoms with van der Waals surface area (Å²) in [5, 5.41) is 3.87. The summed E-state index contributed by atoms with van der Waals surface area (Å²) in [4.78, 5) is 16.9. The first kappa shape index (κ1) is 16.6. The number of anilines is 1. The molecule has 0 aliphatic heterocycles. The number of fused-ring (bicyclic) bond motifs is 1. The zero-order chi connectivity index (χ0) is 17.1. The fraction of sp³-hybridized carbons (Fsp3) is 0.263. The van der Waals surface area contributed by atoms with E-state index in [9.17, 15) is 4.79 Å². The fourth-order valence-electron chi connectivity index (χ4n) is 2.74. The largest absolute Gasteiger partial charge is 0.325 e. The van der Waals surface area contributed by atoms with Crippen LogP contribution in [0.2, 0.25) is 0 Å². The van der Waals surface area contributed by atoms with E-state index < -0.39 is 0 Å². The highest BCUT2D eigenvalue weighted by Crippen LogP contribution is 2.24. The van der Waals surface area contributed by atoms with E-state index in [-0.39, 0.29) is 5.91 Å². The van der Waals surface area contributed by atoms with Gasteiger partial charge >= 0.3 is 0 Å². The fourth-order valence-corrected chi connectivity index (χ4v) is 3.62. The number of amides is 1. The van der Waals surface area contributed by atoms with Crippen molar-refractivity contribution in [3.05, 3.63) is 53.6 Å². The SMILES string of the molecule is CCn1c(SCC(=O)Nc2ccc(C)cc2C)nc2ccccc21. The van der Waals surface area contributed by atoms with Crippen LogP contribution in [0.3, 0.4) is 0 Å². The number of nitrogens with one attached hydrogen (secondary N) is 1. The molecule has 0 saturated heterocycles. The average molecular weight is 339 g/mol. The molecule has 0 bridgehead atoms. The molecule has 0 saturated carbocycles. The molecule has 1 aromatic heterocycles. The highest BCUT2D eigenvalue weighted by atomic mass is 32.2. The second kappa shape index (κ2) is 7.09. The first-order chi connectivity index (χ1) is 11.6. The lowest BCUT2D eigenvalue weighted by atomic mass is 10.1. The third-order valence-corrected chi connectivity index (χ3v) is 4.90. The molecule has 0 unspecified atom stereocenters. The van der Waals surface area contributed by atoms with Gasteiger partial charge in [-0.3, -0.25) is 4.79 Å². The number of hydrogen-bond acceptors (Lipinski definition) is 3. The van der Waals surface area contributed by atoms with Crippen LogP contribution < -0.4 is 5.32 Å². The van der Waals surface area contributed by atoms with Crippen molar-refractivity contribution in [2.24, 2.45) is 0 Å². The average Bonchev–Trinajstić information content (AvgIpc) is 2.93. The summed E-state index contributed by atoms with van der Waals surface area (Å²) >= 11 is 1.47. The first-order valence-electron chi connectivity index (χ1n) is 8.03. The number of carbonyl (C=O) groups is 1. The number of rotatable bonds is 5. The van der Waals surface area contributed by atoms with Crippen molar-refractivity contribution in [3.8, 4) is 0 Å². The molecule has 1 amide bonds. The second-order valence-electron chi connectivity index (χ2n) is 5.78. The van der Waals surface area contributed by atoms with Gasteiger partial charge in [0.2, 0.25) is 5.91 Å². The Hall–Kier alpha value is -2.27. The van der Waals surface area contributed by atoms with Crippen molar-refractivity contribution in [3.63, 3.8) is 0 Å². The van der Waals surface area contributed by atoms with Crippen molar-refractivity contribution in [1.82, 2.24) is 9.55 Å². The van der Waals surface area contributed by atoms with Gasteiger partial charge in [-0.25, -0.2) is 4.98 Å². The Bertz CT molecular complexity index is 885. The minimum atomic E-state index is -0.0123. The standard InChI is InChI=1S/C19H21N3OS/c1-4-22-17-8-6-5-7-16(17)21-19(22)24-12-18(23)20-15-10-9-13(2)11-14(15)3/h5-11H,4,12H2,1-3H3,(H,20,23). The van der Waals surface area contributed by atoms with Crippen LogP contribution in [0.1, 0.15) is 18.1 Å². The van der Waals surface area contributed by atoms with Gasteiger partial charge in [0.15, 0.2) is 5.16 Å². The number of benzene rings is 2. The van der Waals surface area contributed by atoms with Crippen LogP contribution in [0.25, 0.3) is 11.0 Å². The summed E-state index contributed by atoms with van der Waals surface area (Å²) < 4.78 is 2.14. The molecule has 2 aromatic carbocycles. The number of nitrogens with zero attached hydrogens (tertiary/aromatic N) is 2. The number of aryl methyl sites for hydroxylation is 3. The van der Waals surface area contributed by atoms with Crippen LogP contribution in [0.15, 0.2) is 47.6 Å².